The van der Waals surface area contributed by atoms with Crippen molar-refractivity contribution in [3.05, 3.63) is 28.8 Å². The number of nitriles is 1. The fourth-order valence-corrected chi connectivity index (χ4v) is 1.62. The molecule has 0 atom stereocenters. The minimum absolute atomic E-state index is 0.123. The van der Waals surface area contributed by atoms with E-state index in [1.165, 1.54) is 7.11 Å². The van der Waals surface area contributed by atoms with Gasteiger partial charge in [-0.25, -0.2) is 0 Å². The number of methoxy groups -OCH3 is 1. The first-order valence-electron chi connectivity index (χ1n) is 5.36. The number of ether oxygens (including phenoxy) is 2. The van der Waals surface area contributed by atoms with Gasteiger partial charge >= 0.3 is 5.97 Å². The van der Waals surface area contributed by atoms with Crippen LogP contribution in [-0.2, 0) is 16.0 Å². The van der Waals surface area contributed by atoms with E-state index in [9.17, 15) is 4.79 Å². The monoisotopic (exact) mass is 233 g/mol. The highest BCUT2D eigenvalue weighted by molar-refractivity contribution is 5.75. The topological polar surface area (TPSA) is 59.3 Å². The van der Waals surface area contributed by atoms with E-state index in [1.54, 1.807) is 19.1 Å². The van der Waals surface area contributed by atoms with Crippen LogP contribution in [0.3, 0.4) is 0 Å². The summed E-state index contributed by atoms with van der Waals surface area (Å²) in [6.07, 6.45) is 0.123. The van der Waals surface area contributed by atoms with Crippen LogP contribution in [0.4, 0.5) is 0 Å². The molecule has 1 aromatic rings. The summed E-state index contributed by atoms with van der Waals surface area (Å²) in [5.41, 5.74) is 2.05. The Morgan fingerprint density at radius 3 is 2.71 bits per heavy atom. The summed E-state index contributed by atoms with van der Waals surface area (Å²) in [6, 6.07) is 5.53. The van der Waals surface area contributed by atoms with Gasteiger partial charge in [-0.05, 0) is 25.5 Å². The Morgan fingerprint density at radius 2 is 2.18 bits per heavy atom. The smallest absolute Gasteiger partial charge is 0.310 e. The van der Waals surface area contributed by atoms with Crippen LogP contribution in [0.2, 0.25) is 0 Å². The van der Waals surface area contributed by atoms with Crippen molar-refractivity contribution >= 4 is 5.97 Å². The van der Waals surface area contributed by atoms with Crippen LogP contribution in [0.1, 0.15) is 23.6 Å². The van der Waals surface area contributed by atoms with Gasteiger partial charge in [0.15, 0.2) is 0 Å². The molecule has 0 bridgehead atoms. The number of carbonyl (C=O) groups is 1. The van der Waals surface area contributed by atoms with Crippen LogP contribution in [0.5, 0.6) is 5.75 Å². The van der Waals surface area contributed by atoms with E-state index in [4.69, 9.17) is 14.7 Å². The minimum Gasteiger partial charge on any atom is -0.495 e. The molecule has 0 spiro atoms. The number of hydrogen-bond donors (Lipinski definition) is 0. The first-order chi connectivity index (χ1) is 8.13. The van der Waals surface area contributed by atoms with E-state index in [0.29, 0.717) is 23.5 Å². The summed E-state index contributed by atoms with van der Waals surface area (Å²) >= 11 is 0. The van der Waals surface area contributed by atoms with Gasteiger partial charge in [0.05, 0.1) is 25.7 Å². The van der Waals surface area contributed by atoms with Crippen molar-refractivity contribution in [1.29, 1.82) is 5.26 Å². The Kier molecular flexibility index (Phi) is 4.53. The van der Waals surface area contributed by atoms with Crippen LogP contribution in [0.25, 0.3) is 0 Å². The van der Waals surface area contributed by atoms with E-state index in [1.807, 2.05) is 13.0 Å². The summed E-state index contributed by atoms with van der Waals surface area (Å²) < 4.78 is 10.1. The normalized spacial score (nSPS) is 9.53. The van der Waals surface area contributed by atoms with E-state index < -0.39 is 0 Å². The van der Waals surface area contributed by atoms with Crippen LogP contribution in [-0.4, -0.2) is 19.7 Å². The van der Waals surface area contributed by atoms with Gasteiger partial charge in [0, 0.05) is 5.56 Å². The molecule has 90 valence electrons. The van der Waals surface area contributed by atoms with Crippen LogP contribution < -0.4 is 4.74 Å². The molecule has 1 aromatic carbocycles. The maximum atomic E-state index is 11.5. The van der Waals surface area contributed by atoms with Crippen LogP contribution in [0.15, 0.2) is 12.1 Å². The third-order valence-electron chi connectivity index (χ3n) is 2.45. The van der Waals surface area contributed by atoms with Gasteiger partial charge in [0.25, 0.3) is 0 Å². The molecular formula is C13H15NO3. The number of carbonyl (C=O) groups excluding carboxylic acids is 1. The van der Waals surface area contributed by atoms with E-state index in [2.05, 4.69) is 0 Å². The Labute approximate surface area is 101 Å². The van der Waals surface area contributed by atoms with Crippen molar-refractivity contribution in [2.75, 3.05) is 13.7 Å². The molecule has 0 saturated heterocycles. The highest BCUT2D eigenvalue weighted by Crippen LogP contribution is 2.27. The molecule has 0 heterocycles. The zero-order valence-electron chi connectivity index (χ0n) is 10.2. The van der Waals surface area contributed by atoms with E-state index in [0.717, 1.165) is 5.56 Å². The molecule has 0 aromatic heterocycles. The van der Waals surface area contributed by atoms with Gasteiger partial charge in [-0.3, -0.25) is 4.79 Å². The number of hydrogen-bond acceptors (Lipinski definition) is 4. The second kappa shape index (κ2) is 5.90. The average Bonchev–Trinajstić information content (AvgIpc) is 2.31. The van der Waals surface area contributed by atoms with Crippen molar-refractivity contribution in [3.63, 3.8) is 0 Å². The van der Waals surface area contributed by atoms with Gasteiger partial charge in [-0.15, -0.1) is 0 Å². The Morgan fingerprint density at radius 1 is 1.47 bits per heavy atom. The van der Waals surface area contributed by atoms with Crippen molar-refractivity contribution in [2.45, 2.75) is 20.3 Å². The molecule has 0 amide bonds. The van der Waals surface area contributed by atoms with Gasteiger partial charge in [0.2, 0.25) is 0 Å². The van der Waals surface area contributed by atoms with Crippen LogP contribution in [0, 0.1) is 18.3 Å². The molecule has 0 aliphatic heterocycles. The molecule has 0 radical (unpaired) electrons. The molecule has 0 aliphatic carbocycles. The molecule has 0 unspecified atom stereocenters. The maximum Gasteiger partial charge on any atom is 0.310 e. The third-order valence-corrected chi connectivity index (χ3v) is 2.45. The Bertz CT molecular complexity index is 460. The summed E-state index contributed by atoms with van der Waals surface area (Å²) in [7, 11) is 1.49. The Hall–Kier alpha value is -2.02. The lowest BCUT2D eigenvalue weighted by atomic mass is 10.0. The SMILES string of the molecule is CCOC(=O)Cc1c(C)ccc(C#N)c1OC. The molecule has 0 N–H and O–H groups in total. The van der Waals surface area contributed by atoms with Crippen LogP contribution >= 0.6 is 0 Å². The molecule has 4 heteroatoms. The van der Waals surface area contributed by atoms with Gasteiger partial charge in [-0.2, -0.15) is 5.26 Å². The number of aryl methyl sites for hydroxylation is 1. The summed E-state index contributed by atoms with van der Waals surface area (Å²) in [4.78, 5) is 11.5. The third kappa shape index (κ3) is 2.97. The highest BCUT2D eigenvalue weighted by Gasteiger charge is 2.15. The molecule has 17 heavy (non-hydrogen) atoms. The molecular weight excluding hydrogens is 218 g/mol. The quantitative estimate of drug-likeness (QED) is 0.746. The number of benzene rings is 1. The van der Waals surface area contributed by atoms with Gasteiger partial charge in [0.1, 0.15) is 11.8 Å². The van der Waals surface area contributed by atoms with Crippen molar-refractivity contribution in [1.82, 2.24) is 0 Å². The second-order valence-electron chi connectivity index (χ2n) is 3.54. The molecule has 0 saturated carbocycles. The average molecular weight is 233 g/mol. The summed E-state index contributed by atoms with van der Waals surface area (Å²) in [6.45, 7) is 3.98. The second-order valence-corrected chi connectivity index (χ2v) is 3.54. The van der Waals surface area contributed by atoms with Gasteiger partial charge < -0.3 is 9.47 Å². The Balaban J connectivity index is 3.13. The first-order valence-corrected chi connectivity index (χ1v) is 5.36. The maximum absolute atomic E-state index is 11.5. The molecule has 1 rings (SSSR count). The highest BCUT2D eigenvalue weighted by atomic mass is 16.5. The fraction of sp³-hybridized carbons (Fsp3) is 0.385. The summed E-state index contributed by atoms with van der Waals surface area (Å²) in [5.74, 6) is 0.143. The number of nitrogens with zero attached hydrogens (tertiary/aromatic N) is 1. The molecule has 0 fully saturated rings. The predicted octanol–water partition coefficient (Wildman–Crippen LogP) is 1.98. The van der Waals surface area contributed by atoms with Crippen molar-refractivity contribution in [3.8, 4) is 11.8 Å². The lowest BCUT2D eigenvalue weighted by Crippen LogP contribution is -2.10. The lowest BCUT2D eigenvalue weighted by Gasteiger charge is -2.12. The van der Waals surface area contributed by atoms with Crippen molar-refractivity contribution < 1.29 is 14.3 Å². The van der Waals surface area contributed by atoms with E-state index in [-0.39, 0.29) is 12.4 Å². The van der Waals surface area contributed by atoms with E-state index >= 15 is 0 Å². The number of rotatable bonds is 4. The minimum atomic E-state index is -0.316. The number of esters is 1. The zero-order valence-corrected chi connectivity index (χ0v) is 10.2. The van der Waals surface area contributed by atoms with Gasteiger partial charge in [-0.1, -0.05) is 6.07 Å². The lowest BCUT2D eigenvalue weighted by molar-refractivity contribution is -0.142. The summed E-state index contributed by atoms with van der Waals surface area (Å²) in [5, 5.41) is 8.96. The zero-order chi connectivity index (χ0) is 12.8. The predicted molar refractivity (Wildman–Crippen MR) is 62.8 cm³/mol. The molecule has 0 aliphatic rings. The molecule has 4 nitrogen and oxygen atoms in total. The standard InChI is InChI=1S/C13H15NO3/c1-4-17-12(15)7-11-9(2)5-6-10(8-14)13(11)16-3/h5-6H,4,7H2,1-3H3. The first kappa shape index (κ1) is 13.0. The fourth-order valence-electron chi connectivity index (χ4n) is 1.62. The van der Waals surface area contributed by atoms with Crippen molar-refractivity contribution in [2.24, 2.45) is 0 Å². The largest absolute Gasteiger partial charge is 0.495 e.